The van der Waals surface area contributed by atoms with E-state index in [0.29, 0.717) is 0 Å². The summed E-state index contributed by atoms with van der Waals surface area (Å²) < 4.78 is 34.2. The summed E-state index contributed by atoms with van der Waals surface area (Å²) >= 11 is 0.978. The third kappa shape index (κ3) is 3.86. The number of carbonyl (C=O) groups excluding carboxylic acids is 1. The molecule has 0 bridgehead atoms. The Morgan fingerprint density at radius 2 is 2.17 bits per heavy atom. The Bertz CT molecular complexity index is 725. The van der Waals surface area contributed by atoms with Crippen molar-refractivity contribution < 1.29 is 32.6 Å². The summed E-state index contributed by atoms with van der Waals surface area (Å²) in [6, 6.07) is 2.61. The summed E-state index contributed by atoms with van der Waals surface area (Å²) in [5.74, 6) is -1.34. The van der Waals surface area contributed by atoms with Gasteiger partial charge in [0.05, 0.1) is 6.54 Å². The van der Waals surface area contributed by atoms with Crippen molar-refractivity contribution in [3.8, 4) is 5.75 Å². The van der Waals surface area contributed by atoms with Crippen molar-refractivity contribution >= 4 is 23.2 Å². The fourth-order valence-electron chi connectivity index (χ4n) is 1.96. The van der Waals surface area contributed by atoms with Gasteiger partial charge in [0.1, 0.15) is 27.7 Å². The molecule has 1 N–H and O–H groups in total. The molecule has 9 heteroatoms. The minimum atomic E-state index is -3.02. The Kier molecular flexibility index (Phi) is 4.99. The molecule has 0 radical (unpaired) electrons. The Morgan fingerprint density at radius 1 is 1.48 bits per heavy atom. The smallest absolute Gasteiger partial charge is 0.387 e. The van der Waals surface area contributed by atoms with Crippen molar-refractivity contribution in [1.29, 1.82) is 0 Å². The molecule has 0 unspecified atom stereocenters. The van der Waals surface area contributed by atoms with E-state index in [-0.39, 0.29) is 34.3 Å². The second-order valence-electron chi connectivity index (χ2n) is 4.64. The number of carboxylic acid groups (broad SMARTS) is 1. The minimum absolute atomic E-state index is 0.00102. The molecule has 0 aliphatic carbocycles. The predicted molar refractivity (Wildman–Crippen MR) is 77.2 cm³/mol. The molecule has 0 fully saturated rings. The van der Waals surface area contributed by atoms with E-state index < -0.39 is 18.5 Å². The van der Waals surface area contributed by atoms with Crippen LogP contribution in [0.2, 0.25) is 0 Å². The Morgan fingerprint density at radius 3 is 2.74 bits per heavy atom. The number of hydrogen-bond donors (Lipinski definition) is 1. The summed E-state index contributed by atoms with van der Waals surface area (Å²) in [4.78, 5) is 24.5. The van der Waals surface area contributed by atoms with Gasteiger partial charge in [-0.25, -0.2) is 4.79 Å². The molecular weight excluding hydrogens is 332 g/mol. The highest BCUT2D eigenvalue weighted by molar-refractivity contribution is 7.12. The van der Waals surface area contributed by atoms with Crippen LogP contribution in [0.1, 0.15) is 31.6 Å². The third-order valence-corrected chi connectivity index (χ3v) is 3.86. The average Bonchev–Trinajstić information content (AvgIpc) is 3.04. The van der Waals surface area contributed by atoms with E-state index in [9.17, 15) is 18.4 Å². The van der Waals surface area contributed by atoms with Crippen molar-refractivity contribution in [3.63, 3.8) is 0 Å². The van der Waals surface area contributed by atoms with Crippen LogP contribution in [0.5, 0.6) is 5.75 Å². The first-order valence-electron chi connectivity index (χ1n) is 6.40. The van der Waals surface area contributed by atoms with Gasteiger partial charge in [-0.05, 0) is 24.4 Å². The van der Waals surface area contributed by atoms with Crippen LogP contribution in [-0.2, 0) is 6.54 Å². The first-order valence-corrected chi connectivity index (χ1v) is 7.28. The highest BCUT2D eigenvalue weighted by Gasteiger charge is 2.22. The van der Waals surface area contributed by atoms with Crippen LogP contribution < -0.4 is 4.74 Å². The number of rotatable bonds is 6. The van der Waals surface area contributed by atoms with Crippen molar-refractivity contribution in [3.05, 3.63) is 39.5 Å². The summed E-state index contributed by atoms with van der Waals surface area (Å²) in [6.07, 6.45) is 0. The van der Waals surface area contributed by atoms with Crippen LogP contribution in [-0.4, -0.2) is 35.5 Å². The molecule has 1 amide bonds. The molecule has 0 aromatic carbocycles. The summed E-state index contributed by atoms with van der Waals surface area (Å²) in [5.41, 5.74) is 0.0127. The first kappa shape index (κ1) is 16.9. The zero-order valence-corrected chi connectivity index (χ0v) is 13.0. The molecule has 6 nitrogen and oxygen atoms in total. The van der Waals surface area contributed by atoms with Crippen LogP contribution in [0.4, 0.5) is 8.78 Å². The number of alkyl halides is 2. The lowest BCUT2D eigenvalue weighted by Crippen LogP contribution is -2.25. The maximum Gasteiger partial charge on any atom is 0.387 e. The number of furan rings is 1. The van der Waals surface area contributed by atoms with Gasteiger partial charge in [-0.15, -0.1) is 11.3 Å². The van der Waals surface area contributed by atoms with E-state index in [1.54, 1.807) is 0 Å². The predicted octanol–water partition coefficient (Wildman–Crippen LogP) is 3.22. The standard InChI is InChI=1S/C14H13F2NO5S/c1-7-9(13(19)20)5-8(21-7)6-17(2)12(18)11-10(3-4-23-11)22-14(15)16/h3-5,14H,6H2,1-2H3,(H,19,20). The van der Waals surface area contributed by atoms with Gasteiger partial charge < -0.3 is 19.2 Å². The zero-order valence-electron chi connectivity index (χ0n) is 12.2. The van der Waals surface area contributed by atoms with Crippen LogP contribution in [0.3, 0.4) is 0 Å². The lowest BCUT2D eigenvalue weighted by molar-refractivity contribution is -0.0499. The molecule has 2 aromatic rings. The van der Waals surface area contributed by atoms with Crippen LogP contribution in [0.25, 0.3) is 0 Å². The van der Waals surface area contributed by atoms with Gasteiger partial charge in [0.2, 0.25) is 0 Å². The highest BCUT2D eigenvalue weighted by atomic mass is 32.1. The molecular formula is C14H13F2NO5S. The lowest BCUT2D eigenvalue weighted by Gasteiger charge is -2.15. The molecule has 2 heterocycles. The molecule has 0 atom stereocenters. The second kappa shape index (κ2) is 6.78. The molecule has 0 saturated heterocycles. The van der Waals surface area contributed by atoms with Gasteiger partial charge in [0, 0.05) is 7.05 Å². The average molecular weight is 345 g/mol. The summed E-state index contributed by atoms with van der Waals surface area (Å²) in [5, 5.41) is 10.4. The first-order chi connectivity index (χ1) is 10.8. The van der Waals surface area contributed by atoms with E-state index in [0.717, 1.165) is 11.3 Å². The van der Waals surface area contributed by atoms with Gasteiger partial charge in [-0.3, -0.25) is 4.79 Å². The molecule has 0 aliphatic rings. The monoisotopic (exact) mass is 345 g/mol. The van der Waals surface area contributed by atoms with E-state index in [1.807, 2.05) is 0 Å². The topological polar surface area (TPSA) is 80.0 Å². The van der Waals surface area contributed by atoms with Crippen molar-refractivity contribution in [2.24, 2.45) is 0 Å². The van der Waals surface area contributed by atoms with E-state index in [1.165, 1.54) is 36.4 Å². The number of amides is 1. The summed E-state index contributed by atoms with van der Waals surface area (Å²) in [6.45, 7) is -1.52. The normalized spacial score (nSPS) is 10.8. The maximum absolute atomic E-state index is 12.3. The number of carbonyl (C=O) groups is 2. The largest absolute Gasteiger partial charge is 0.478 e. The van der Waals surface area contributed by atoms with Gasteiger partial charge in [-0.2, -0.15) is 8.78 Å². The number of thiophene rings is 1. The fraction of sp³-hybridized carbons (Fsp3) is 0.286. The van der Waals surface area contributed by atoms with E-state index >= 15 is 0 Å². The third-order valence-electron chi connectivity index (χ3n) is 2.98. The molecule has 0 saturated carbocycles. The minimum Gasteiger partial charge on any atom is -0.478 e. The maximum atomic E-state index is 12.3. The van der Waals surface area contributed by atoms with Crippen molar-refractivity contribution in [2.75, 3.05) is 7.05 Å². The number of hydrogen-bond acceptors (Lipinski definition) is 5. The quantitative estimate of drug-likeness (QED) is 0.869. The van der Waals surface area contributed by atoms with Crippen molar-refractivity contribution in [2.45, 2.75) is 20.1 Å². The number of ether oxygens (including phenoxy) is 1. The molecule has 23 heavy (non-hydrogen) atoms. The van der Waals surface area contributed by atoms with Crippen LogP contribution >= 0.6 is 11.3 Å². The highest BCUT2D eigenvalue weighted by Crippen LogP contribution is 2.28. The Balaban J connectivity index is 2.13. The number of aryl methyl sites for hydroxylation is 1. The van der Waals surface area contributed by atoms with Gasteiger partial charge in [0.15, 0.2) is 0 Å². The molecule has 0 spiro atoms. The fourth-order valence-corrected chi connectivity index (χ4v) is 2.77. The van der Waals surface area contributed by atoms with Crippen LogP contribution in [0, 0.1) is 6.92 Å². The van der Waals surface area contributed by atoms with Gasteiger partial charge in [0.25, 0.3) is 5.91 Å². The van der Waals surface area contributed by atoms with E-state index in [4.69, 9.17) is 9.52 Å². The number of aromatic carboxylic acids is 1. The molecule has 2 rings (SSSR count). The molecule has 0 aliphatic heterocycles. The number of nitrogens with zero attached hydrogens (tertiary/aromatic N) is 1. The van der Waals surface area contributed by atoms with Crippen LogP contribution in [0.15, 0.2) is 21.9 Å². The summed E-state index contributed by atoms with van der Waals surface area (Å²) in [7, 11) is 1.45. The molecule has 124 valence electrons. The molecule has 2 aromatic heterocycles. The Hall–Kier alpha value is -2.42. The van der Waals surface area contributed by atoms with Gasteiger partial charge in [-0.1, -0.05) is 0 Å². The van der Waals surface area contributed by atoms with Gasteiger partial charge >= 0.3 is 12.6 Å². The Labute approximate surface area is 133 Å². The lowest BCUT2D eigenvalue weighted by atomic mass is 10.2. The number of carboxylic acids is 1. The van der Waals surface area contributed by atoms with Crippen molar-refractivity contribution in [1.82, 2.24) is 4.90 Å². The van der Waals surface area contributed by atoms with E-state index in [2.05, 4.69) is 4.74 Å². The second-order valence-corrected chi connectivity index (χ2v) is 5.56. The zero-order chi connectivity index (χ0) is 17.1. The SMILES string of the molecule is Cc1oc(CN(C)C(=O)c2sccc2OC(F)F)cc1C(=O)O. The number of halogens is 2.